The second-order valence-corrected chi connectivity index (χ2v) is 3.15. The molecule has 0 radical (unpaired) electrons. The van der Waals surface area contributed by atoms with Crippen LogP contribution in [-0.4, -0.2) is 26.8 Å². The van der Waals surface area contributed by atoms with Crippen molar-refractivity contribution in [1.29, 1.82) is 0 Å². The molecule has 0 fully saturated rings. The molecule has 98 valence electrons. The molecule has 2 aromatic rings. The molecule has 0 aliphatic rings. The Morgan fingerprint density at radius 1 is 1.00 bits per heavy atom. The lowest BCUT2D eigenvalue weighted by Crippen LogP contribution is -2.15. The van der Waals surface area contributed by atoms with E-state index in [1.807, 2.05) is 18.2 Å². The number of rotatable bonds is 3. The lowest BCUT2D eigenvalue weighted by atomic mass is 10.5. The minimum atomic E-state index is -1.19. The van der Waals surface area contributed by atoms with Gasteiger partial charge in [0, 0.05) is 36.9 Å². The fourth-order valence-electron chi connectivity index (χ4n) is 0.966. The van der Waals surface area contributed by atoms with Crippen molar-refractivity contribution in [2.45, 2.75) is 0 Å². The molecule has 0 aliphatic carbocycles. The van der Waals surface area contributed by atoms with Gasteiger partial charge in [-0.05, 0) is 24.3 Å². The van der Waals surface area contributed by atoms with Gasteiger partial charge in [-0.1, -0.05) is 6.07 Å². The molecule has 0 saturated heterocycles. The average molecular weight is 260 g/mol. The van der Waals surface area contributed by atoms with Crippen LogP contribution >= 0.6 is 0 Å². The third-order valence-electron chi connectivity index (χ3n) is 1.70. The Morgan fingerprint density at radius 3 is 2.05 bits per heavy atom. The van der Waals surface area contributed by atoms with E-state index < -0.39 is 11.9 Å². The van der Waals surface area contributed by atoms with Gasteiger partial charge in [0.15, 0.2) is 0 Å². The highest BCUT2D eigenvalue weighted by molar-refractivity contribution is 5.90. The van der Waals surface area contributed by atoms with Gasteiger partial charge in [0.2, 0.25) is 0 Å². The SMILES string of the molecule is O=C(O)/C=C\C(=O)On1cccc1.c1ccncc1. The van der Waals surface area contributed by atoms with Crippen molar-refractivity contribution in [3.63, 3.8) is 0 Å². The highest BCUT2D eigenvalue weighted by atomic mass is 16.7. The zero-order chi connectivity index (χ0) is 13.9. The quantitative estimate of drug-likeness (QED) is 0.837. The third kappa shape index (κ3) is 7.11. The van der Waals surface area contributed by atoms with Crippen LogP contribution in [0.5, 0.6) is 0 Å². The number of aromatic nitrogens is 2. The first-order valence-corrected chi connectivity index (χ1v) is 5.30. The predicted octanol–water partition coefficient (Wildman–Crippen LogP) is 1.17. The summed E-state index contributed by atoms with van der Waals surface area (Å²) in [6, 6.07) is 9.06. The van der Waals surface area contributed by atoms with E-state index in [1.165, 1.54) is 17.1 Å². The summed E-state index contributed by atoms with van der Waals surface area (Å²) in [6.45, 7) is 0. The van der Waals surface area contributed by atoms with Gasteiger partial charge in [-0.15, -0.1) is 0 Å². The zero-order valence-electron chi connectivity index (χ0n) is 9.92. The Morgan fingerprint density at radius 2 is 1.63 bits per heavy atom. The fourth-order valence-corrected chi connectivity index (χ4v) is 0.966. The molecule has 2 rings (SSSR count). The molecule has 1 N–H and O–H groups in total. The van der Waals surface area contributed by atoms with Crippen molar-refractivity contribution in [3.8, 4) is 0 Å². The van der Waals surface area contributed by atoms with Crippen molar-refractivity contribution in [2.75, 3.05) is 0 Å². The van der Waals surface area contributed by atoms with E-state index in [4.69, 9.17) is 5.11 Å². The maximum absolute atomic E-state index is 10.8. The summed E-state index contributed by atoms with van der Waals surface area (Å²) in [4.78, 5) is 29.2. The summed E-state index contributed by atoms with van der Waals surface area (Å²) >= 11 is 0. The molecule has 6 heteroatoms. The van der Waals surface area contributed by atoms with Crippen LogP contribution < -0.4 is 4.84 Å². The maximum Gasteiger partial charge on any atom is 0.356 e. The van der Waals surface area contributed by atoms with Gasteiger partial charge in [-0.2, -0.15) is 4.73 Å². The van der Waals surface area contributed by atoms with Crippen molar-refractivity contribution < 1.29 is 19.5 Å². The van der Waals surface area contributed by atoms with Crippen LogP contribution in [0.3, 0.4) is 0 Å². The van der Waals surface area contributed by atoms with Gasteiger partial charge in [-0.25, -0.2) is 9.59 Å². The number of carboxylic acids is 1. The second-order valence-electron chi connectivity index (χ2n) is 3.15. The third-order valence-corrected chi connectivity index (χ3v) is 1.70. The molecule has 6 nitrogen and oxygen atoms in total. The van der Waals surface area contributed by atoms with Gasteiger partial charge in [0.05, 0.1) is 0 Å². The number of pyridine rings is 1. The Kier molecular flexibility index (Phi) is 6.14. The fraction of sp³-hybridized carbons (Fsp3) is 0. The first kappa shape index (κ1) is 14.2. The number of carbonyl (C=O) groups excluding carboxylic acids is 1. The summed E-state index contributed by atoms with van der Waals surface area (Å²) in [5.74, 6) is -1.93. The number of carboxylic acid groups (broad SMARTS) is 1. The number of aliphatic carboxylic acids is 1. The minimum Gasteiger partial charge on any atom is -0.478 e. The smallest absolute Gasteiger partial charge is 0.356 e. The van der Waals surface area contributed by atoms with Gasteiger partial charge in [0.1, 0.15) is 0 Å². The van der Waals surface area contributed by atoms with Crippen molar-refractivity contribution in [1.82, 2.24) is 9.71 Å². The van der Waals surface area contributed by atoms with E-state index in [0.717, 1.165) is 6.08 Å². The molecule has 0 aromatic carbocycles. The molecule has 0 bridgehead atoms. The largest absolute Gasteiger partial charge is 0.478 e. The van der Waals surface area contributed by atoms with Crippen LogP contribution in [0.4, 0.5) is 0 Å². The van der Waals surface area contributed by atoms with Crippen molar-refractivity contribution >= 4 is 11.9 Å². The summed E-state index contributed by atoms with van der Waals surface area (Å²) in [5.41, 5.74) is 0. The normalized spacial score (nSPS) is 9.47. The number of carbonyl (C=O) groups is 2. The van der Waals surface area contributed by atoms with Crippen molar-refractivity contribution in [3.05, 3.63) is 67.3 Å². The highest BCUT2D eigenvalue weighted by Gasteiger charge is 1.98. The van der Waals surface area contributed by atoms with Crippen LogP contribution in [0.1, 0.15) is 0 Å². The molecule has 0 amide bonds. The van der Waals surface area contributed by atoms with Gasteiger partial charge in [0.25, 0.3) is 0 Å². The topological polar surface area (TPSA) is 81.4 Å². The molecule has 0 unspecified atom stereocenters. The molecular weight excluding hydrogens is 248 g/mol. The molecule has 0 atom stereocenters. The van der Waals surface area contributed by atoms with Crippen LogP contribution in [0.25, 0.3) is 0 Å². The Balaban J connectivity index is 0.000000250. The molecule has 0 saturated carbocycles. The maximum atomic E-state index is 10.8. The summed E-state index contributed by atoms with van der Waals surface area (Å²) in [6.07, 6.45) is 8.09. The Hall–Kier alpha value is -2.89. The van der Waals surface area contributed by atoms with E-state index >= 15 is 0 Å². The predicted molar refractivity (Wildman–Crippen MR) is 67.0 cm³/mol. The zero-order valence-corrected chi connectivity index (χ0v) is 9.92. The first-order valence-electron chi connectivity index (χ1n) is 5.30. The minimum absolute atomic E-state index is 0.714. The van der Waals surface area contributed by atoms with E-state index in [2.05, 4.69) is 9.82 Å². The van der Waals surface area contributed by atoms with Gasteiger partial charge < -0.3 is 9.94 Å². The Bertz CT molecular complexity index is 494. The molecule has 19 heavy (non-hydrogen) atoms. The van der Waals surface area contributed by atoms with E-state index in [-0.39, 0.29) is 0 Å². The van der Waals surface area contributed by atoms with E-state index in [9.17, 15) is 9.59 Å². The van der Waals surface area contributed by atoms with Crippen LogP contribution in [0, 0.1) is 0 Å². The number of nitrogens with zero attached hydrogens (tertiary/aromatic N) is 2. The summed E-state index contributed by atoms with van der Waals surface area (Å²) in [7, 11) is 0. The molecular formula is C13H12N2O4. The average Bonchev–Trinajstić information content (AvgIpc) is 2.92. The van der Waals surface area contributed by atoms with Crippen LogP contribution in [0.15, 0.2) is 67.3 Å². The molecule has 0 spiro atoms. The van der Waals surface area contributed by atoms with Gasteiger partial charge >= 0.3 is 11.9 Å². The van der Waals surface area contributed by atoms with E-state index in [1.54, 1.807) is 24.5 Å². The first-order chi connectivity index (χ1) is 9.18. The summed E-state index contributed by atoms with van der Waals surface area (Å²) < 4.78 is 1.18. The molecule has 2 heterocycles. The molecule has 0 aliphatic heterocycles. The van der Waals surface area contributed by atoms with Crippen LogP contribution in [0.2, 0.25) is 0 Å². The number of hydrogen-bond donors (Lipinski definition) is 1. The molecule has 2 aromatic heterocycles. The second kappa shape index (κ2) is 8.24. The lowest BCUT2D eigenvalue weighted by molar-refractivity contribution is -0.139. The summed E-state index contributed by atoms with van der Waals surface area (Å²) in [5, 5.41) is 8.19. The van der Waals surface area contributed by atoms with Crippen molar-refractivity contribution in [2.24, 2.45) is 0 Å². The van der Waals surface area contributed by atoms with Crippen LogP contribution in [-0.2, 0) is 9.59 Å². The standard InChI is InChI=1S/C8H7NO4.C5H5N/c10-7(11)3-4-8(12)13-9-5-1-2-6-9;1-2-4-6-5-3-1/h1-6H,(H,10,11);1-5H/b4-3-;. The number of hydrogen-bond acceptors (Lipinski definition) is 4. The monoisotopic (exact) mass is 260 g/mol. The highest BCUT2D eigenvalue weighted by Crippen LogP contribution is 1.86. The lowest BCUT2D eigenvalue weighted by Gasteiger charge is -1.98. The Labute approximate surface area is 109 Å². The van der Waals surface area contributed by atoms with Gasteiger partial charge in [-0.3, -0.25) is 4.98 Å². The van der Waals surface area contributed by atoms with E-state index in [0.29, 0.717) is 6.08 Å².